The molecule has 0 unspecified atom stereocenters. The van der Waals surface area contributed by atoms with E-state index in [9.17, 15) is 4.39 Å². The lowest BCUT2D eigenvalue weighted by atomic mass is 10.1. The van der Waals surface area contributed by atoms with Crippen molar-refractivity contribution >= 4 is 11.0 Å². The molecule has 4 rings (SSSR count). The van der Waals surface area contributed by atoms with Gasteiger partial charge in [0.05, 0.1) is 11.2 Å². The average molecular weight is 292 g/mol. The van der Waals surface area contributed by atoms with Gasteiger partial charge in [0.25, 0.3) is 0 Å². The summed E-state index contributed by atoms with van der Waals surface area (Å²) in [7, 11) is 0. The number of nitrogens with zero attached hydrogens (tertiary/aromatic N) is 6. The molecule has 3 heterocycles. The third-order valence-corrected chi connectivity index (χ3v) is 3.24. The van der Waals surface area contributed by atoms with Gasteiger partial charge in [0.2, 0.25) is 0 Å². The molecule has 3 aromatic heterocycles. The fourth-order valence-electron chi connectivity index (χ4n) is 2.19. The molecule has 7 heteroatoms. The van der Waals surface area contributed by atoms with Gasteiger partial charge in [-0.15, -0.1) is 0 Å². The Kier molecular flexibility index (Phi) is 2.82. The van der Waals surface area contributed by atoms with Crippen LogP contribution >= 0.6 is 0 Å². The first-order chi connectivity index (χ1) is 10.8. The maximum Gasteiger partial charge on any atom is 0.184 e. The molecule has 6 nitrogen and oxygen atoms in total. The minimum Gasteiger partial charge on any atom is -0.242 e. The molecule has 0 saturated carbocycles. The highest BCUT2D eigenvalue weighted by Crippen LogP contribution is 2.22. The first-order valence-corrected chi connectivity index (χ1v) is 6.54. The van der Waals surface area contributed by atoms with Gasteiger partial charge < -0.3 is 0 Å². The molecule has 0 radical (unpaired) electrons. The molecule has 0 fully saturated rings. The molecule has 22 heavy (non-hydrogen) atoms. The van der Waals surface area contributed by atoms with E-state index in [1.165, 1.54) is 29.5 Å². The predicted octanol–water partition coefficient (Wildman–Crippen LogP) is 2.41. The van der Waals surface area contributed by atoms with E-state index in [1.807, 2.05) is 12.1 Å². The molecular weight excluding hydrogens is 283 g/mol. The zero-order valence-corrected chi connectivity index (χ0v) is 11.3. The number of aromatic nitrogens is 6. The van der Waals surface area contributed by atoms with Crippen LogP contribution in [0.5, 0.6) is 0 Å². The minimum atomic E-state index is -0.281. The van der Waals surface area contributed by atoms with Crippen LogP contribution in [0.2, 0.25) is 0 Å². The molecule has 4 aromatic rings. The molecule has 0 aliphatic heterocycles. The number of hydrogen-bond donors (Lipinski definition) is 0. The van der Waals surface area contributed by atoms with Crippen molar-refractivity contribution in [1.29, 1.82) is 0 Å². The number of halogens is 1. The second-order valence-corrected chi connectivity index (χ2v) is 4.61. The fourth-order valence-corrected chi connectivity index (χ4v) is 2.19. The molecule has 106 valence electrons. The van der Waals surface area contributed by atoms with E-state index in [0.717, 1.165) is 5.56 Å². The Balaban J connectivity index is 1.93. The van der Waals surface area contributed by atoms with Crippen molar-refractivity contribution in [2.45, 2.75) is 0 Å². The smallest absolute Gasteiger partial charge is 0.184 e. The van der Waals surface area contributed by atoms with Crippen molar-refractivity contribution in [2.24, 2.45) is 0 Å². The van der Waals surface area contributed by atoms with Crippen LogP contribution in [-0.2, 0) is 0 Å². The minimum absolute atomic E-state index is 0.281. The summed E-state index contributed by atoms with van der Waals surface area (Å²) < 4.78 is 14.6. The highest BCUT2D eigenvalue weighted by atomic mass is 19.1. The molecule has 0 spiro atoms. The number of benzene rings is 1. The van der Waals surface area contributed by atoms with Crippen LogP contribution in [0.4, 0.5) is 4.39 Å². The lowest BCUT2D eigenvalue weighted by molar-refractivity contribution is 0.628. The Morgan fingerprint density at radius 3 is 2.55 bits per heavy atom. The van der Waals surface area contributed by atoms with E-state index in [1.54, 1.807) is 18.5 Å². The quantitative estimate of drug-likeness (QED) is 0.567. The monoisotopic (exact) mass is 292 g/mol. The summed E-state index contributed by atoms with van der Waals surface area (Å²) in [5.41, 5.74) is 2.83. The number of pyridine rings is 1. The summed E-state index contributed by atoms with van der Waals surface area (Å²) in [6, 6.07) is 9.86. The summed E-state index contributed by atoms with van der Waals surface area (Å²) in [6.07, 6.45) is 4.43. The highest BCUT2D eigenvalue weighted by Gasteiger charge is 2.10. The molecule has 0 N–H and O–H groups in total. The van der Waals surface area contributed by atoms with Crippen molar-refractivity contribution < 1.29 is 4.39 Å². The maximum absolute atomic E-state index is 13.0. The Hall–Kier alpha value is -3.22. The molecule has 0 aliphatic rings. The zero-order valence-electron chi connectivity index (χ0n) is 11.3. The van der Waals surface area contributed by atoms with E-state index >= 15 is 0 Å². The summed E-state index contributed by atoms with van der Waals surface area (Å²) in [6.45, 7) is 0. The molecular formula is C15H9FN6. The van der Waals surface area contributed by atoms with Crippen LogP contribution in [-0.4, -0.2) is 29.7 Å². The standard InChI is InChI=1S/C15H9FN6/c16-11-3-1-10(2-4-11)12-5-6-13-14(21-12)15(19-8-18-13)22-9-17-7-20-22/h1-9H. The molecule has 0 amide bonds. The van der Waals surface area contributed by atoms with Crippen LogP contribution in [0.1, 0.15) is 0 Å². The van der Waals surface area contributed by atoms with Crippen LogP contribution in [0.25, 0.3) is 28.1 Å². The van der Waals surface area contributed by atoms with Crippen LogP contribution < -0.4 is 0 Å². The summed E-state index contributed by atoms with van der Waals surface area (Å²) in [4.78, 5) is 16.9. The normalized spacial score (nSPS) is 11.0. The average Bonchev–Trinajstić information content (AvgIpc) is 3.09. The molecule has 0 saturated heterocycles. The van der Waals surface area contributed by atoms with Gasteiger partial charge in [-0.2, -0.15) is 5.10 Å². The summed E-state index contributed by atoms with van der Waals surface area (Å²) >= 11 is 0. The zero-order chi connectivity index (χ0) is 14.9. The molecule has 1 aromatic carbocycles. The molecule has 0 bridgehead atoms. The summed E-state index contributed by atoms with van der Waals surface area (Å²) in [5, 5.41) is 4.08. The van der Waals surface area contributed by atoms with Crippen LogP contribution in [0.15, 0.2) is 55.4 Å². The van der Waals surface area contributed by atoms with Gasteiger partial charge >= 0.3 is 0 Å². The third kappa shape index (κ3) is 2.08. The van der Waals surface area contributed by atoms with E-state index in [-0.39, 0.29) is 5.82 Å². The van der Waals surface area contributed by atoms with Crippen LogP contribution in [0.3, 0.4) is 0 Å². The number of hydrogen-bond acceptors (Lipinski definition) is 5. The van der Waals surface area contributed by atoms with E-state index < -0.39 is 0 Å². The van der Waals surface area contributed by atoms with Gasteiger partial charge in [0.15, 0.2) is 5.82 Å². The predicted molar refractivity (Wildman–Crippen MR) is 77.6 cm³/mol. The van der Waals surface area contributed by atoms with Crippen molar-refractivity contribution in [3.63, 3.8) is 0 Å². The van der Waals surface area contributed by atoms with Crippen molar-refractivity contribution in [1.82, 2.24) is 29.7 Å². The topological polar surface area (TPSA) is 69.4 Å². The lowest BCUT2D eigenvalue weighted by Crippen LogP contribution is -2.02. The highest BCUT2D eigenvalue weighted by molar-refractivity contribution is 5.83. The second kappa shape index (κ2) is 4.96. The first kappa shape index (κ1) is 12.5. The van der Waals surface area contributed by atoms with Gasteiger partial charge in [0, 0.05) is 5.56 Å². The molecule has 0 atom stereocenters. The Bertz CT molecular complexity index is 934. The Labute approximate surface area is 124 Å². The second-order valence-electron chi connectivity index (χ2n) is 4.61. The van der Waals surface area contributed by atoms with Crippen molar-refractivity contribution in [2.75, 3.05) is 0 Å². The Morgan fingerprint density at radius 1 is 0.909 bits per heavy atom. The van der Waals surface area contributed by atoms with Gasteiger partial charge in [0.1, 0.15) is 30.3 Å². The van der Waals surface area contributed by atoms with Gasteiger partial charge in [-0.1, -0.05) is 0 Å². The third-order valence-electron chi connectivity index (χ3n) is 3.24. The van der Waals surface area contributed by atoms with Crippen molar-refractivity contribution in [3.8, 4) is 17.1 Å². The van der Waals surface area contributed by atoms with Crippen LogP contribution in [0, 0.1) is 5.82 Å². The largest absolute Gasteiger partial charge is 0.242 e. The lowest BCUT2D eigenvalue weighted by Gasteiger charge is -2.06. The SMILES string of the molecule is Fc1ccc(-c2ccc3ncnc(-n4cncn4)c3n2)cc1. The van der Waals surface area contributed by atoms with Gasteiger partial charge in [-0.05, 0) is 36.4 Å². The van der Waals surface area contributed by atoms with Crippen molar-refractivity contribution in [3.05, 3.63) is 61.2 Å². The maximum atomic E-state index is 13.0. The van der Waals surface area contributed by atoms with E-state index in [2.05, 4.69) is 25.0 Å². The number of fused-ring (bicyclic) bond motifs is 1. The fraction of sp³-hybridized carbons (Fsp3) is 0. The van der Waals surface area contributed by atoms with E-state index in [4.69, 9.17) is 0 Å². The van der Waals surface area contributed by atoms with Gasteiger partial charge in [-0.3, -0.25) is 0 Å². The number of rotatable bonds is 2. The van der Waals surface area contributed by atoms with E-state index in [0.29, 0.717) is 22.5 Å². The Morgan fingerprint density at radius 2 is 1.77 bits per heavy atom. The first-order valence-electron chi connectivity index (χ1n) is 6.54. The molecule has 0 aliphatic carbocycles. The van der Waals surface area contributed by atoms with Gasteiger partial charge in [-0.25, -0.2) is 29.0 Å². The summed E-state index contributed by atoms with van der Waals surface area (Å²) in [5.74, 6) is 0.266.